The van der Waals surface area contributed by atoms with Gasteiger partial charge in [-0.2, -0.15) is 0 Å². The van der Waals surface area contributed by atoms with Crippen LogP contribution in [0.15, 0.2) is 18.2 Å². The molecular weight excluding hydrogens is 202 g/mol. The fraction of sp³-hybridized carbons (Fsp3) is 0.462. The fourth-order valence-corrected chi connectivity index (χ4v) is 1.45. The van der Waals surface area contributed by atoms with E-state index in [1.54, 1.807) is 0 Å². The molecular formula is C13H19NO2. The van der Waals surface area contributed by atoms with E-state index in [1.807, 2.05) is 19.1 Å². The number of hydrogen-bond acceptors (Lipinski definition) is 2. The molecule has 0 aliphatic carbocycles. The molecule has 1 aromatic carbocycles. The Hall–Kier alpha value is -1.35. The van der Waals surface area contributed by atoms with Crippen molar-refractivity contribution >= 4 is 11.6 Å². The van der Waals surface area contributed by atoms with Crippen molar-refractivity contribution < 1.29 is 9.90 Å². The first-order valence-electron chi connectivity index (χ1n) is 5.56. The Bertz CT molecular complexity index is 372. The zero-order valence-electron chi connectivity index (χ0n) is 10.1. The molecule has 0 aliphatic rings. The number of amides is 1. The normalized spacial score (nSPS) is 10.6. The number of hydrogen-bond donors (Lipinski definition) is 2. The van der Waals surface area contributed by atoms with Gasteiger partial charge in [0.15, 0.2) is 0 Å². The van der Waals surface area contributed by atoms with Gasteiger partial charge in [-0.05, 0) is 30.0 Å². The van der Waals surface area contributed by atoms with Crippen molar-refractivity contribution in [3.05, 3.63) is 29.3 Å². The first-order chi connectivity index (χ1) is 7.54. The van der Waals surface area contributed by atoms with E-state index in [4.69, 9.17) is 5.11 Å². The fourth-order valence-electron chi connectivity index (χ4n) is 1.45. The Labute approximate surface area is 96.5 Å². The van der Waals surface area contributed by atoms with E-state index in [0.717, 1.165) is 11.3 Å². The van der Waals surface area contributed by atoms with E-state index in [-0.39, 0.29) is 18.9 Å². The molecule has 0 unspecified atom stereocenters. The Kier molecular flexibility index (Phi) is 4.50. The van der Waals surface area contributed by atoms with Gasteiger partial charge in [0, 0.05) is 5.69 Å². The zero-order chi connectivity index (χ0) is 12.1. The molecule has 3 heteroatoms. The third-order valence-corrected chi connectivity index (χ3v) is 2.54. The highest BCUT2D eigenvalue weighted by molar-refractivity contribution is 5.91. The average molecular weight is 221 g/mol. The van der Waals surface area contributed by atoms with Gasteiger partial charge in [-0.1, -0.05) is 26.0 Å². The quantitative estimate of drug-likeness (QED) is 0.820. The molecule has 0 saturated carbocycles. The van der Waals surface area contributed by atoms with Gasteiger partial charge < -0.3 is 10.4 Å². The Balaban J connectivity index is 2.86. The number of carbonyl (C=O) groups is 1. The monoisotopic (exact) mass is 221 g/mol. The number of aliphatic hydroxyl groups is 1. The predicted molar refractivity (Wildman–Crippen MR) is 65.6 cm³/mol. The molecule has 0 spiro atoms. The van der Waals surface area contributed by atoms with Gasteiger partial charge in [-0.15, -0.1) is 0 Å². The van der Waals surface area contributed by atoms with Gasteiger partial charge in [-0.3, -0.25) is 4.79 Å². The molecule has 0 radical (unpaired) electrons. The summed E-state index contributed by atoms with van der Waals surface area (Å²) in [5.74, 6) is 0.292. The number of nitrogens with one attached hydrogen (secondary N) is 1. The molecule has 88 valence electrons. The summed E-state index contributed by atoms with van der Waals surface area (Å²) in [4.78, 5) is 11.4. The van der Waals surface area contributed by atoms with Crippen molar-refractivity contribution in [3.8, 4) is 0 Å². The molecule has 0 fully saturated rings. The summed E-state index contributed by atoms with van der Waals surface area (Å²) in [5.41, 5.74) is 3.07. The Morgan fingerprint density at radius 3 is 2.69 bits per heavy atom. The number of benzene rings is 1. The molecule has 0 aromatic heterocycles. The molecule has 1 aromatic rings. The van der Waals surface area contributed by atoms with Crippen molar-refractivity contribution in [2.75, 3.05) is 11.9 Å². The minimum Gasteiger partial charge on any atom is -0.396 e. The van der Waals surface area contributed by atoms with Crippen LogP contribution in [0.1, 0.15) is 37.3 Å². The largest absolute Gasteiger partial charge is 0.396 e. The van der Waals surface area contributed by atoms with Gasteiger partial charge in [0.05, 0.1) is 13.0 Å². The number of anilines is 1. The topological polar surface area (TPSA) is 49.3 Å². The number of rotatable bonds is 4. The van der Waals surface area contributed by atoms with Gasteiger partial charge in [0.1, 0.15) is 0 Å². The van der Waals surface area contributed by atoms with Gasteiger partial charge >= 0.3 is 0 Å². The van der Waals surface area contributed by atoms with Crippen LogP contribution in [0.25, 0.3) is 0 Å². The number of aliphatic hydroxyl groups excluding tert-OH is 1. The summed E-state index contributed by atoms with van der Waals surface area (Å²) in [6, 6.07) is 6.07. The number of aryl methyl sites for hydroxylation is 1. The summed E-state index contributed by atoms with van der Waals surface area (Å²) in [5, 5.41) is 11.5. The van der Waals surface area contributed by atoms with Crippen LogP contribution in [-0.4, -0.2) is 17.6 Å². The van der Waals surface area contributed by atoms with Crippen LogP contribution < -0.4 is 5.32 Å². The second kappa shape index (κ2) is 5.66. The van der Waals surface area contributed by atoms with Crippen LogP contribution in [-0.2, 0) is 4.79 Å². The zero-order valence-corrected chi connectivity index (χ0v) is 10.1. The summed E-state index contributed by atoms with van der Waals surface area (Å²) in [6.45, 7) is 6.07. The van der Waals surface area contributed by atoms with Crippen molar-refractivity contribution in [1.29, 1.82) is 0 Å². The summed E-state index contributed by atoms with van der Waals surface area (Å²) in [7, 11) is 0. The van der Waals surface area contributed by atoms with Crippen LogP contribution in [0, 0.1) is 6.92 Å². The first-order valence-corrected chi connectivity index (χ1v) is 5.56. The van der Waals surface area contributed by atoms with Crippen molar-refractivity contribution in [2.24, 2.45) is 0 Å². The molecule has 0 bridgehead atoms. The molecule has 0 atom stereocenters. The molecule has 16 heavy (non-hydrogen) atoms. The molecule has 1 amide bonds. The maximum atomic E-state index is 11.4. The summed E-state index contributed by atoms with van der Waals surface area (Å²) >= 11 is 0. The lowest BCUT2D eigenvalue weighted by atomic mass is 10.0. The Morgan fingerprint density at radius 2 is 2.12 bits per heavy atom. The SMILES string of the molecule is Cc1ccc(C(C)C)cc1NC(=O)CCO. The van der Waals surface area contributed by atoms with E-state index in [1.165, 1.54) is 5.56 Å². The van der Waals surface area contributed by atoms with E-state index < -0.39 is 0 Å². The van der Waals surface area contributed by atoms with Gasteiger partial charge in [0.2, 0.25) is 5.91 Å². The smallest absolute Gasteiger partial charge is 0.226 e. The standard InChI is InChI=1S/C13H19NO2/c1-9(2)11-5-4-10(3)12(8-11)14-13(16)6-7-15/h4-5,8-9,15H,6-7H2,1-3H3,(H,14,16). The van der Waals surface area contributed by atoms with Crippen LogP contribution in [0.5, 0.6) is 0 Å². The second-order valence-electron chi connectivity index (χ2n) is 4.25. The summed E-state index contributed by atoms with van der Waals surface area (Å²) < 4.78 is 0. The van der Waals surface area contributed by atoms with Crippen molar-refractivity contribution in [2.45, 2.75) is 33.1 Å². The van der Waals surface area contributed by atoms with Crippen LogP contribution in [0.4, 0.5) is 5.69 Å². The van der Waals surface area contributed by atoms with E-state index >= 15 is 0 Å². The van der Waals surface area contributed by atoms with Crippen molar-refractivity contribution in [3.63, 3.8) is 0 Å². The minimum absolute atomic E-state index is 0.116. The lowest BCUT2D eigenvalue weighted by molar-refractivity contribution is -0.116. The molecule has 1 rings (SSSR count). The van der Waals surface area contributed by atoms with Crippen LogP contribution >= 0.6 is 0 Å². The maximum Gasteiger partial charge on any atom is 0.226 e. The summed E-state index contributed by atoms with van der Waals surface area (Å²) in [6.07, 6.45) is 0.144. The van der Waals surface area contributed by atoms with E-state index in [9.17, 15) is 4.79 Å². The number of carbonyl (C=O) groups excluding carboxylic acids is 1. The average Bonchev–Trinajstić information content (AvgIpc) is 2.21. The lowest BCUT2D eigenvalue weighted by Gasteiger charge is -2.12. The molecule has 3 nitrogen and oxygen atoms in total. The maximum absolute atomic E-state index is 11.4. The van der Waals surface area contributed by atoms with Crippen LogP contribution in [0.3, 0.4) is 0 Å². The van der Waals surface area contributed by atoms with Gasteiger partial charge in [-0.25, -0.2) is 0 Å². The van der Waals surface area contributed by atoms with Gasteiger partial charge in [0.25, 0.3) is 0 Å². The molecule has 0 heterocycles. The molecule has 2 N–H and O–H groups in total. The lowest BCUT2D eigenvalue weighted by Crippen LogP contribution is -2.13. The third kappa shape index (κ3) is 3.35. The highest BCUT2D eigenvalue weighted by atomic mass is 16.3. The van der Waals surface area contributed by atoms with Crippen molar-refractivity contribution in [1.82, 2.24) is 0 Å². The highest BCUT2D eigenvalue weighted by Gasteiger charge is 2.06. The third-order valence-electron chi connectivity index (χ3n) is 2.54. The highest BCUT2D eigenvalue weighted by Crippen LogP contribution is 2.22. The second-order valence-corrected chi connectivity index (χ2v) is 4.25. The van der Waals surface area contributed by atoms with E-state index in [0.29, 0.717) is 5.92 Å². The Morgan fingerprint density at radius 1 is 1.44 bits per heavy atom. The predicted octanol–water partition coefficient (Wildman–Crippen LogP) is 2.44. The first kappa shape index (κ1) is 12.7. The molecule has 0 saturated heterocycles. The van der Waals surface area contributed by atoms with E-state index in [2.05, 4.69) is 25.2 Å². The van der Waals surface area contributed by atoms with Crippen LogP contribution in [0.2, 0.25) is 0 Å². The molecule has 0 aliphatic heterocycles. The minimum atomic E-state index is -0.147.